The van der Waals surface area contributed by atoms with Crippen molar-refractivity contribution in [2.45, 2.75) is 83.3 Å². The summed E-state index contributed by atoms with van der Waals surface area (Å²) in [6.45, 7) is 1.72. The van der Waals surface area contributed by atoms with E-state index >= 15 is 0 Å². The van der Waals surface area contributed by atoms with Crippen molar-refractivity contribution in [3.8, 4) is 0 Å². The van der Waals surface area contributed by atoms with Gasteiger partial charge in [-0.05, 0) is 12.8 Å². The molecular formula is C20H32N5O8P. The number of phosphoric acid groups is 1. The Morgan fingerprint density at radius 2 is 1.94 bits per heavy atom. The summed E-state index contributed by atoms with van der Waals surface area (Å²) in [6, 6.07) is 0. The molecule has 1 saturated heterocycles. The van der Waals surface area contributed by atoms with Crippen molar-refractivity contribution in [1.82, 2.24) is 24.5 Å². The van der Waals surface area contributed by atoms with Crippen molar-refractivity contribution in [2.24, 2.45) is 0 Å². The summed E-state index contributed by atoms with van der Waals surface area (Å²) in [6.07, 6.45) is 7.82. The molecule has 0 aromatic carbocycles. The van der Waals surface area contributed by atoms with Crippen LogP contribution in [0, 0.1) is 0 Å². The lowest BCUT2D eigenvalue weighted by Crippen LogP contribution is -2.35. The molecule has 0 spiro atoms. The molecule has 190 valence electrons. The fourth-order valence-corrected chi connectivity index (χ4v) is 4.19. The van der Waals surface area contributed by atoms with Crippen molar-refractivity contribution in [3.05, 3.63) is 44.5 Å². The molecule has 2 aromatic rings. The number of nitrogens with one attached hydrogen (secondary N) is 1. The van der Waals surface area contributed by atoms with Gasteiger partial charge in [-0.3, -0.25) is 18.9 Å². The van der Waals surface area contributed by atoms with Crippen LogP contribution in [0.4, 0.5) is 0 Å². The van der Waals surface area contributed by atoms with Gasteiger partial charge in [0, 0.05) is 18.8 Å². The molecule has 1 fully saturated rings. The number of aliphatic hydroxyl groups excluding tert-OH is 1. The van der Waals surface area contributed by atoms with Gasteiger partial charge in [-0.15, -0.1) is 5.10 Å². The zero-order valence-corrected chi connectivity index (χ0v) is 20.0. The molecule has 0 saturated carbocycles. The molecule has 1 unspecified atom stereocenters. The van der Waals surface area contributed by atoms with Crippen LogP contribution in [-0.2, 0) is 26.8 Å². The smallest absolute Gasteiger partial charge is 0.390 e. The Kier molecular flexibility index (Phi) is 9.34. The zero-order chi connectivity index (χ0) is 24.7. The molecule has 0 aliphatic carbocycles. The van der Waals surface area contributed by atoms with Crippen molar-refractivity contribution in [1.29, 1.82) is 0 Å². The van der Waals surface area contributed by atoms with Gasteiger partial charge in [-0.2, -0.15) is 0 Å². The molecule has 1 aliphatic rings. The molecule has 4 N–H and O–H groups in total. The summed E-state index contributed by atoms with van der Waals surface area (Å²) in [5, 5.41) is 18.4. The molecule has 1 aliphatic heterocycles. The Labute approximate surface area is 196 Å². The molecule has 14 heteroatoms. The number of nitrogens with zero attached hydrogens (tertiary/aromatic N) is 4. The standard InChI is InChI=1S/C20H32N5O8P/c1-2-3-4-5-6-7-8-15-12-24(23-22-15)10-14-11-25(20(28)21-19(14)27)18-9-16(26)17(33-18)13-32-34(29,30)31/h11-12,16-18,26H,2-10,13H2,1H3,(H,21,27,28)(H2,29,30,31)/t16?,17-,18-/m1/s1. The Bertz CT molecular complexity index is 1090. The van der Waals surface area contributed by atoms with Gasteiger partial charge in [0.05, 0.1) is 30.5 Å². The van der Waals surface area contributed by atoms with Crippen LogP contribution in [-0.4, -0.2) is 58.3 Å². The summed E-state index contributed by atoms with van der Waals surface area (Å²) in [5.41, 5.74) is -0.238. The average Bonchev–Trinajstić information content (AvgIpc) is 3.36. The van der Waals surface area contributed by atoms with E-state index in [-0.39, 0.29) is 18.5 Å². The van der Waals surface area contributed by atoms with Crippen LogP contribution in [0.25, 0.3) is 0 Å². The maximum Gasteiger partial charge on any atom is 0.469 e. The molecule has 0 bridgehead atoms. The van der Waals surface area contributed by atoms with E-state index in [4.69, 9.17) is 14.5 Å². The predicted molar refractivity (Wildman–Crippen MR) is 120 cm³/mol. The normalized spacial score (nSPS) is 20.8. The van der Waals surface area contributed by atoms with E-state index in [1.165, 1.54) is 36.6 Å². The number of H-pyrrole nitrogens is 1. The summed E-state index contributed by atoms with van der Waals surface area (Å²) in [7, 11) is -4.73. The summed E-state index contributed by atoms with van der Waals surface area (Å²) >= 11 is 0. The number of hydrogen-bond donors (Lipinski definition) is 4. The van der Waals surface area contributed by atoms with Crippen LogP contribution in [0.1, 0.15) is 69.4 Å². The van der Waals surface area contributed by atoms with E-state index < -0.39 is 44.1 Å². The minimum atomic E-state index is -4.73. The van der Waals surface area contributed by atoms with Gasteiger partial charge in [0.2, 0.25) is 0 Å². The lowest BCUT2D eigenvalue weighted by atomic mass is 10.1. The Hall–Kier alpha value is -2.15. The topological polar surface area (TPSA) is 182 Å². The van der Waals surface area contributed by atoms with Gasteiger partial charge >= 0.3 is 13.5 Å². The van der Waals surface area contributed by atoms with Gasteiger partial charge in [0.15, 0.2) is 0 Å². The number of aromatic nitrogens is 5. The Morgan fingerprint density at radius 1 is 1.21 bits per heavy atom. The van der Waals surface area contributed by atoms with Gasteiger partial charge in [0.1, 0.15) is 12.3 Å². The van der Waals surface area contributed by atoms with E-state index in [0.29, 0.717) is 0 Å². The highest BCUT2D eigenvalue weighted by Gasteiger charge is 2.37. The number of aryl methyl sites for hydroxylation is 1. The SMILES string of the molecule is CCCCCCCCc1cn(Cc2cn([C@H]3CC(O)[C@@H](COP(=O)(O)O)O3)c(=O)[nH]c2=O)nn1. The maximum absolute atomic E-state index is 12.3. The number of rotatable bonds is 13. The second-order valence-corrected chi connectivity index (χ2v) is 9.70. The minimum Gasteiger partial charge on any atom is -0.390 e. The van der Waals surface area contributed by atoms with E-state index in [9.17, 15) is 19.3 Å². The minimum absolute atomic E-state index is 0.0215. The summed E-state index contributed by atoms with van der Waals surface area (Å²) in [5.74, 6) is 0. The predicted octanol–water partition coefficient (Wildman–Crippen LogP) is 0.837. The first-order chi connectivity index (χ1) is 16.2. The highest BCUT2D eigenvalue weighted by molar-refractivity contribution is 7.46. The van der Waals surface area contributed by atoms with Gasteiger partial charge < -0.3 is 19.6 Å². The van der Waals surface area contributed by atoms with Crippen LogP contribution in [0.15, 0.2) is 22.0 Å². The van der Waals surface area contributed by atoms with Crippen molar-refractivity contribution < 1.29 is 28.7 Å². The van der Waals surface area contributed by atoms with E-state index in [2.05, 4.69) is 26.7 Å². The van der Waals surface area contributed by atoms with Crippen molar-refractivity contribution in [3.63, 3.8) is 0 Å². The second-order valence-electron chi connectivity index (χ2n) is 8.46. The van der Waals surface area contributed by atoms with E-state index in [1.807, 2.05) is 0 Å². The fourth-order valence-electron chi connectivity index (χ4n) is 3.85. The number of hydrogen-bond acceptors (Lipinski definition) is 8. The van der Waals surface area contributed by atoms with Gasteiger partial charge in [-0.1, -0.05) is 44.2 Å². The fraction of sp³-hybridized carbons (Fsp3) is 0.700. The molecule has 3 rings (SSSR count). The molecule has 3 heterocycles. The zero-order valence-electron chi connectivity index (χ0n) is 19.1. The highest BCUT2D eigenvalue weighted by Crippen LogP contribution is 2.38. The number of ether oxygens (including phenoxy) is 1. The highest BCUT2D eigenvalue weighted by atomic mass is 31.2. The molecule has 34 heavy (non-hydrogen) atoms. The Balaban J connectivity index is 1.62. The molecule has 13 nitrogen and oxygen atoms in total. The molecule has 0 radical (unpaired) electrons. The molecule has 2 aromatic heterocycles. The quantitative estimate of drug-likeness (QED) is 0.227. The number of unbranched alkanes of at least 4 members (excludes halogenated alkanes) is 5. The number of aliphatic hydroxyl groups is 1. The van der Waals surface area contributed by atoms with Crippen molar-refractivity contribution in [2.75, 3.05) is 6.61 Å². The lowest BCUT2D eigenvalue weighted by Gasteiger charge is -2.17. The van der Waals surface area contributed by atoms with Crippen LogP contribution < -0.4 is 11.2 Å². The number of aromatic amines is 1. The largest absolute Gasteiger partial charge is 0.469 e. The lowest BCUT2D eigenvalue weighted by molar-refractivity contribution is -0.0451. The first kappa shape index (κ1) is 26.5. The van der Waals surface area contributed by atoms with Crippen LogP contribution in [0.5, 0.6) is 0 Å². The second kappa shape index (κ2) is 12.0. The third-order valence-corrected chi connectivity index (χ3v) is 6.15. The molecule has 0 amide bonds. The van der Waals surface area contributed by atoms with Gasteiger partial charge in [-0.25, -0.2) is 14.0 Å². The van der Waals surface area contributed by atoms with E-state index in [0.717, 1.165) is 29.5 Å². The monoisotopic (exact) mass is 501 g/mol. The third kappa shape index (κ3) is 7.69. The molecular weight excluding hydrogens is 469 g/mol. The maximum atomic E-state index is 12.3. The first-order valence-electron chi connectivity index (χ1n) is 11.4. The van der Waals surface area contributed by atoms with Crippen molar-refractivity contribution >= 4 is 7.82 Å². The first-order valence-corrected chi connectivity index (χ1v) is 13.0. The third-order valence-electron chi connectivity index (χ3n) is 5.67. The van der Waals surface area contributed by atoms with E-state index in [1.54, 1.807) is 6.20 Å². The Morgan fingerprint density at radius 3 is 2.68 bits per heavy atom. The molecule has 3 atom stereocenters. The number of phosphoric ester groups is 1. The average molecular weight is 501 g/mol. The summed E-state index contributed by atoms with van der Waals surface area (Å²) < 4.78 is 23.5. The van der Waals surface area contributed by atoms with Crippen LogP contribution in [0.3, 0.4) is 0 Å². The van der Waals surface area contributed by atoms with Crippen LogP contribution in [0.2, 0.25) is 0 Å². The van der Waals surface area contributed by atoms with Gasteiger partial charge in [0.25, 0.3) is 5.56 Å². The van der Waals surface area contributed by atoms with Crippen LogP contribution >= 0.6 is 7.82 Å². The summed E-state index contributed by atoms with van der Waals surface area (Å²) in [4.78, 5) is 44.6.